The molecule has 1 fully saturated rings. The van der Waals surface area contributed by atoms with Crippen LogP contribution in [0, 0.1) is 11.8 Å². The molecule has 0 amide bonds. The third-order valence-corrected chi connectivity index (χ3v) is 7.94. The minimum Gasteiger partial charge on any atom is -0.301 e. The zero-order valence-corrected chi connectivity index (χ0v) is 35.3. The second-order valence-electron chi connectivity index (χ2n) is 13.3. The maximum atomic E-state index is 12.6. The van der Waals surface area contributed by atoms with E-state index >= 15 is 0 Å². The Labute approximate surface area is 317 Å². The number of alkyl halides is 3. The van der Waals surface area contributed by atoms with Crippen molar-refractivity contribution in [2.45, 2.75) is 185 Å². The highest BCUT2D eigenvalue weighted by molar-refractivity contribution is 5.32. The van der Waals surface area contributed by atoms with Crippen LogP contribution < -0.4 is 0 Å². The molecule has 0 N–H and O–H groups in total. The number of benzene rings is 1. The summed E-state index contributed by atoms with van der Waals surface area (Å²) in [5.74, 6) is 6.17. The van der Waals surface area contributed by atoms with Gasteiger partial charge < -0.3 is 9.80 Å². The number of aryl methyl sites for hydroxylation is 2. The molecule has 1 aromatic rings. The Balaban J connectivity index is -0.000000586. The Morgan fingerprint density at radius 2 is 0.882 bits per heavy atom. The topological polar surface area (TPSA) is 6.48 Å². The molecule has 0 bridgehead atoms. The molecule has 1 aliphatic rings. The van der Waals surface area contributed by atoms with Gasteiger partial charge >= 0.3 is 6.18 Å². The van der Waals surface area contributed by atoms with Crippen LogP contribution in [0.3, 0.4) is 0 Å². The Hall–Kier alpha value is -2.03. The van der Waals surface area contributed by atoms with Crippen molar-refractivity contribution in [3.63, 3.8) is 0 Å². The van der Waals surface area contributed by atoms with Gasteiger partial charge in [0, 0.05) is 39.0 Å². The lowest BCUT2D eigenvalue weighted by atomic mass is 10.00. The fraction of sp³-hybridized carbons (Fsp3) is 0.739. The highest BCUT2D eigenvalue weighted by atomic mass is 19.4. The first-order valence-corrected chi connectivity index (χ1v) is 21.0. The van der Waals surface area contributed by atoms with Crippen LogP contribution in [0.15, 0.2) is 42.5 Å². The molecule has 2 rings (SSSR count). The molecule has 0 saturated carbocycles. The zero-order valence-electron chi connectivity index (χ0n) is 35.3. The molecule has 1 heterocycles. The predicted molar refractivity (Wildman–Crippen MR) is 224 cm³/mol. The van der Waals surface area contributed by atoms with Crippen LogP contribution in [0.2, 0.25) is 0 Å². The fourth-order valence-electron chi connectivity index (χ4n) is 5.00. The largest absolute Gasteiger partial charge is 0.416 e. The van der Waals surface area contributed by atoms with Crippen molar-refractivity contribution < 1.29 is 13.2 Å². The summed E-state index contributed by atoms with van der Waals surface area (Å²) in [5, 5.41) is 0. The summed E-state index contributed by atoms with van der Waals surface area (Å²) in [6, 6.07) is 4.42. The number of hydrogen-bond donors (Lipinski definition) is 0. The highest BCUT2D eigenvalue weighted by Crippen LogP contribution is 2.31. The maximum Gasteiger partial charge on any atom is 0.416 e. The van der Waals surface area contributed by atoms with Crippen LogP contribution in [0.1, 0.15) is 182 Å². The van der Waals surface area contributed by atoms with Gasteiger partial charge in [0.05, 0.1) is 5.56 Å². The minimum atomic E-state index is -4.23. The SMILES string of the molecule is CCC/C=C/CCC.CCC/C=C\CCC.CCCC#CCCC.CCCN1CCN(CC)CC1.CCCc1cc(CCC)cc(C(F)(F)F)c1. The summed E-state index contributed by atoms with van der Waals surface area (Å²) >= 11 is 0. The third kappa shape index (κ3) is 37.5. The number of likely N-dealkylation sites (N-methyl/N-ethyl adjacent to an activating group) is 1. The van der Waals surface area contributed by atoms with Crippen LogP contribution in [0.25, 0.3) is 0 Å². The predicted octanol–water partition coefficient (Wildman–Crippen LogP) is 14.5. The molecule has 298 valence electrons. The van der Waals surface area contributed by atoms with Crippen molar-refractivity contribution in [3.8, 4) is 11.8 Å². The highest BCUT2D eigenvalue weighted by Gasteiger charge is 2.31. The fourth-order valence-corrected chi connectivity index (χ4v) is 5.00. The second kappa shape index (κ2) is 40.7. The molecule has 51 heavy (non-hydrogen) atoms. The number of hydrogen-bond acceptors (Lipinski definition) is 2. The van der Waals surface area contributed by atoms with Crippen molar-refractivity contribution in [1.82, 2.24) is 9.80 Å². The van der Waals surface area contributed by atoms with Gasteiger partial charge in [-0.1, -0.05) is 138 Å². The summed E-state index contributed by atoms with van der Waals surface area (Å²) in [4.78, 5) is 5.08. The van der Waals surface area contributed by atoms with Crippen LogP contribution >= 0.6 is 0 Å². The van der Waals surface area contributed by atoms with E-state index in [9.17, 15) is 13.2 Å². The molecule has 2 nitrogen and oxygen atoms in total. The summed E-state index contributed by atoms with van der Waals surface area (Å²) < 4.78 is 37.9. The van der Waals surface area contributed by atoms with Crippen molar-refractivity contribution in [2.24, 2.45) is 0 Å². The van der Waals surface area contributed by atoms with Crippen LogP contribution in [-0.2, 0) is 19.0 Å². The normalized spacial score (nSPS) is 13.1. The van der Waals surface area contributed by atoms with Crippen molar-refractivity contribution >= 4 is 0 Å². The monoisotopic (exact) mass is 721 g/mol. The first-order valence-electron chi connectivity index (χ1n) is 21.0. The average molecular weight is 721 g/mol. The smallest absolute Gasteiger partial charge is 0.301 e. The van der Waals surface area contributed by atoms with Crippen LogP contribution in [0.5, 0.6) is 0 Å². The van der Waals surface area contributed by atoms with Gasteiger partial charge in [-0.3, -0.25) is 0 Å². The third-order valence-electron chi connectivity index (χ3n) is 7.94. The molecule has 1 aromatic carbocycles. The molecule has 0 aromatic heterocycles. The Morgan fingerprint density at radius 1 is 0.510 bits per heavy atom. The number of allylic oxidation sites excluding steroid dienone is 4. The first-order chi connectivity index (χ1) is 24.6. The van der Waals surface area contributed by atoms with Crippen molar-refractivity contribution in [2.75, 3.05) is 39.3 Å². The van der Waals surface area contributed by atoms with E-state index in [1.54, 1.807) is 0 Å². The van der Waals surface area contributed by atoms with Gasteiger partial charge in [0.1, 0.15) is 0 Å². The van der Waals surface area contributed by atoms with Crippen LogP contribution in [0.4, 0.5) is 13.2 Å². The van der Waals surface area contributed by atoms with E-state index in [1.165, 1.54) is 122 Å². The van der Waals surface area contributed by atoms with E-state index in [0.29, 0.717) is 12.8 Å². The first kappa shape index (κ1) is 53.3. The molecule has 5 heteroatoms. The van der Waals surface area contributed by atoms with Gasteiger partial charge in [0.15, 0.2) is 0 Å². The number of rotatable bonds is 17. The number of halogens is 3. The summed E-state index contributed by atoms with van der Waals surface area (Å²) in [6.45, 7) is 29.2. The second-order valence-corrected chi connectivity index (χ2v) is 13.3. The van der Waals surface area contributed by atoms with E-state index in [0.717, 1.165) is 36.8 Å². The summed E-state index contributed by atoms with van der Waals surface area (Å²) in [6.07, 6.45) is 23.9. The van der Waals surface area contributed by atoms with E-state index < -0.39 is 11.7 Å². The van der Waals surface area contributed by atoms with Gasteiger partial charge in [-0.25, -0.2) is 0 Å². The summed E-state index contributed by atoms with van der Waals surface area (Å²) in [7, 11) is 0. The van der Waals surface area contributed by atoms with E-state index in [1.807, 2.05) is 19.9 Å². The quantitative estimate of drug-likeness (QED) is 0.117. The lowest BCUT2D eigenvalue weighted by Crippen LogP contribution is -2.46. The van der Waals surface area contributed by atoms with E-state index in [2.05, 4.69) is 101 Å². The van der Waals surface area contributed by atoms with Crippen molar-refractivity contribution in [1.29, 1.82) is 0 Å². The van der Waals surface area contributed by atoms with Gasteiger partial charge in [-0.05, 0) is 94.1 Å². The van der Waals surface area contributed by atoms with Crippen molar-refractivity contribution in [3.05, 3.63) is 59.2 Å². The van der Waals surface area contributed by atoms with E-state index in [4.69, 9.17) is 0 Å². The Kier molecular flexibility index (Phi) is 42.6. The standard InChI is InChI=1S/C13H17F3.C9H20N2.2C8H16.C8H14/c1-3-5-10-7-11(6-4-2)9-12(8-10)13(14,15)16;1-3-5-11-8-6-10(4-2)7-9-11;3*1-3-5-7-8-6-4-2/h7-9H,3-6H2,1-2H3;3-9H2,1-2H3;2*7-8H,3-6H2,1-2H3;3-6H2,1-2H3/b;;8-7+;8-7-;. The number of nitrogens with zero attached hydrogens (tertiary/aromatic N) is 2. The zero-order chi connectivity index (χ0) is 39.0. The van der Waals surface area contributed by atoms with Gasteiger partial charge in [-0.15, -0.1) is 11.8 Å². The number of unbranched alkanes of at least 4 members (excludes halogenated alkanes) is 6. The van der Waals surface area contributed by atoms with Gasteiger partial charge in [-0.2, -0.15) is 13.2 Å². The molecule has 1 aliphatic heterocycles. The average Bonchev–Trinajstić information content (AvgIpc) is 3.12. The molecule has 1 saturated heterocycles. The Bertz CT molecular complexity index is 895. The van der Waals surface area contributed by atoms with Crippen LogP contribution in [-0.4, -0.2) is 49.1 Å². The molecule has 0 aliphatic carbocycles. The van der Waals surface area contributed by atoms with E-state index in [-0.39, 0.29) is 0 Å². The molecule has 0 spiro atoms. The summed E-state index contributed by atoms with van der Waals surface area (Å²) in [5.41, 5.74) is 1.07. The molecule has 0 radical (unpaired) electrons. The lowest BCUT2D eigenvalue weighted by Gasteiger charge is -2.33. The molecular formula is C46H83F3N2. The molecule has 0 unspecified atom stereocenters. The lowest BCUT2D eigenvalue weighted by molar-refractivity contribution is -0.137. The maximum absolute atomic E-state index is 12.6. The molecular weight excluding hydrogens is 638 g/mol. The minimum absolute atomic E-state index is 0.512. The molecule has 0 atom stereocenters. The van der Waals surface area contributed by atoms with Gasteiger partial charge in [0.25, 0.3) is 0 Å². The van der Waals surface area contributed by atoms with Gasteiger partial charge in [0.2, 0.25) is 0 Å². The number of piperazine rings is 1. The Morgan fingerprint density at radius 3 is 1.16 bits per heavy atom.